The van der Waals surface area contributed by atoms with Gasteiger partial charge in [-0.25, -0.2) is 5.01 Å². The van der Waals surface area contributed by atoms with Gasteiger partial charge in [-0.1, -0.05) is 42.0 Å². The van der Waals surface area contributed by atoms with Crippen molar-refractivity contribution >= 4 is 5.91 Å². The molecule has 0 unspecified atom stereocenters. The van der Waals surface area contributed by atoms with Gasteiger partial charge in [0.1, 0.15) is 0 Å². The molecule has 3 heteroatoms. The third-order valence-corrected chi connectivity index (χ3v) is 3.70. The lowest BCUT2D eigenvalue weighted by Gasteiger charge is -2.28. The zero-order valence-corrected chi connectivity index (χ0v) is 11.6. The Morgan fingerprint density at radius 1 is 1.05 bits per heavy atom. The van der Waals surface area contributed by atoms with Crippen molar-refractivity contribution in [1.29, 1.82) is 0 Å². The number of hydrazine groups is 1. The molecule has 1 amide bonds. The smallest absolute Gasteiger partial charge is 0.265 e. The molecule has 0 spiro atoms. The molecule has 1 N–H and O–H groups in total. The Labute approximate surface area is 119 Å². The fraction of sp³-hybridized carbons (Fsp3) is 0.235. The molecule has 0 saturated carbocycles. The molecule has 0 bridgehead atoms. The summed E-state index contributed by atoms with van der Waals surface area (Å²) >= 11 is 0. The van der Waals surface area contributed by atoms with E-state index in [9.17, 15) is 4.79 Å². The van der Waals surface area contributed by atoms with E-state index in [4.69, 9.17) is 0 Å². The molecule has 2 aromatic rings. The maximum Gasteiger partial charge on any atom is 0.265 e. The summed E-state index contributed by atoms with van der Waals surface area (Å²) in [6.45, 7) is 3.64. The van der Waals surface area contributed by atoms with Crippen LogP contribution in [0, 0.1) is 6.92 Å². The van der Waals surface area contributed by atoms with Crippen LogP contribution in [-0.4, -0.2) is 17.5 Å². The number of carbonyl (C=O) groups is 1. The van der Waals surface area contributed by atoms with Crippen LogP contribution in [0.2, 0.25) is 0 Å². The fourth-order valence-electron chi connectivity index (χ4n) is 2.50. The van der Waals surface area contributed by atoms with Crippen molar-refractivity contribution in [3.8, 4) is 0 Å². The van der Waals surface area contributed by atoms with Gasteiger partial charge in [-0.15, -0.1) is 0 Å². The summed E-state index contributed by atoms with van der Waals surface area (Å²) in [5.41, 5.74) is 7.53. The molecule has 3 rings (SSSR count). The monoisotopic (exact) mass is 266 g/mol. The van der Waals surface area contributed by atoms with Crippen molar-refractivity contribution in [2.24, 2.45) is 0 Å². The molecule has 1 heterocycles. The van der Waals surface area contributed by atoms with Crippen LogP contribution in [0.3, 0.4) is 0 Å². The minimum Gasteiger partial charge on any atom is -0.284 e. The highest BCUT2D eigenvalue weighted by molar-refractivity contribution is 5.93. The number of carbonyl (C=O) groups excluding carboxylic acids is 1. The molecule has 102 valence electrons. The summed E-state index contributed by atoms with van der Waals surface area (Å²) in [6.07, 6.45) is 0.977. The maximum atomic E-state index is 12.2. The van der Waals surface area contributed by atoms with Gasteiger partial charge in [-0.3, -0.25) is 10.2 Å². The largest absolute Gasteiger partial charge is 0.284 e. The van der Waals surface area contributed by atoms with Crippen molar-refractivity contribution < 1.29 is 4.79 Å². The second-order valence-electron chi connectivity index (χ2n) is 5.25. The second-order valence-corrected chi connectivity index (χ2v) is 5.25. The maximum absolute atomic E-state index is 12.2. The number of rotatable bonds is 2. The normalized spacial score (nSPS) is 14.7. The average Bonchev–Trinajstić information content (AvgIpc) is 2.48. The molecule has 0 atom stereocenters. The van der Waals surface area contributed by atoms with Gasteiger partial charge in [-0.05, 0) is 36.6 Å². The standard InChI is InChI=1S/C17H18N2O/c1-13-6-8-15(9-7-13)17(20)18-19-11-10-14-4-2-3-5-16(14)12-19/h2-9H,10-12H2,1H3,(H,18,20). The average molecular weight is 266 g/mol. The Balaban J connectivity index is 1.67. The van der Waals surface area contributed by atoms with E-state index in [0.717, 1.165) is 25.1 Å². The first-order valence-electron chi connectivity index (χ1n) is 6.92. The van der Waals surface area contributed by atoms with E-state index >= 15 is 0 Å². The summed E-state index contributed by atoms with van der Waals surface area (Å²) in [5.74, 6) is -0.0376. The van der Waals surface area contributed by atoms with Crippen molar-refractivity contribution in [3.63, 3.8) is 0 Å². The van der Waals surface area contributed by atoms with Crippen LogP contribution in [0.1, 0.15) is 27.0 Å². The summed E-state index contributed by atoms with van der Waals surface area (Å²) in [7, 11) is 0. The molecular formula is C17H18N2O. The Kier molecular flexibility index (Phi) is 3.52. The van der Waals surface area contributed by atoms with Gasteiger partial charge in [0.05, 0.1) is 0 Å². The Morgan fingerprint density at radius 3 is 2.50 bits per heavy atom. The minimum absolute atomic E-state index is 0.0376. The lowest BCUT2D eigenvalue weighted by molar-refractivity contribution is 0.0764. The highest BCUT2D eigenvalue weighted by Gasteiger charge is 2.17. The van der Waals surface area contributed by atoms with Crippen molar-refractivity contribution in [3.05, 3.63) is 70.8 Å². The van der Waals surface area contributed by atoms with E-state index in [0.29, 0.717) is 5.56 Å². The van der Waals surface area contributed by atoms with Crippen molar-refractivity contribution in [2.75, 3.05) is 6.54 Å². The Bertz CT molecular complexity index is 619. The number of benzene rings is 2. The van der Waals surface area contributed by atoms with Crippen LogP contribution in [0.4, 0.5) is 0 Å². The number of hydrogen-bond donors (Lipinski definition) is 1. The van der Waals surface area contributed by atoms with Gasteiger partial charge < -0.3 is 0 Å². The quantitative estimate of drug-likeness (QED) is 0.906. The van der Waals surface area contributed by atoms with Crippen LogP contribution in [-0.2, 0) is 13.0 Å². The summed E-state index contributed by atoms with van der Waals surface area (Å²) < 4.78 is 0. The van der Waals surface area contributed by atoms with E-state index in [1.165, 1.54) is 11.1 Å². The van der Waals surface area contributed by atoms with Gasteiger partial charge in [0.2, 0.25) is 0 Å². The first-order chi connectivity index (χ1) is 9.72. The topological polar surface area (TPSA) is 32.3 Å². The minimum atomic E-state index is -0.0376. The van der Waals surface area contributed by atoms with Gasteiger partial charge in [0, 0.05) is 18.7 Å². The molecule has 0 fully saturated rings. The summed E-state index contributed by atoms with van der Waals surface area (Å²) in [6, 6.07) is 16.0. The van der Waals surface area contributed by atoms with E-state index < -0.39 is 0 Å². The Hall–Kier alpha value is -2.13. The van der Waals surface area contributed by atoms with Crippen LogP contribution in [0.15, 0.2) is 48.5 Å². The van der Waals surface area contributed by atoms with E-state index in [2.05, 4.69) is 23.6 Å². The third-order valence-electron chi connectivity index (χ3n) is 3.70. The number of amides is 1. The molecule has 2 aromatic carbocycles. The number of fused-ring (bicyclic) bond motifs is 1. The zero-order chi connectivity index (χ0) is 13.9. The highest BCUT2D eigenvalue weighted by atomic mass is 16.2. The van der Waals surface area contributed by atoms with Crippen LogP contribution in [0.5, 0.6) is 0 Å². The van der Waals surface area contributed by atoms with Gasteiger partial charge in [0.15, 0.2) is 0 Å². The summed E-state index contributed by atoms with van der Waals surface area (Å²) in [4.78, 5) is 12.2. The molecule has 1 aliphatic heterocycles. The molecule has 0 radical (unpaired) electrons. The van der Waals surface area contributed by atoms with Crippen LogP contribution >= 0.6 is 0 Å². The van der Waals surface area contributed by atoms with Crippen molar-refractivity contribution in [1.82, 2.24) is 10.4 Å². The first-order valence-corrected chi connectivity index (χ1v) is 6.92. The summed E-state index contributed by atoms with van der Waals surface area (Å²) in [5, 5.41) is 1.99. The van der Waals surface area contributed by atoms with E-state index in [-0.39, 0.29) is 5.91 Å². The fourth-order valence-corrected chi connectivity index (χ4v) is 2.50. The molecule has 0 aromatic heterocycles. The van der Waals surface area contributed by atoms with Gasteiger partial charge >= 0.3 is 0 Å². The molecule has 20 heavy (non-hydrogen) atoms. The van der Waals surface area contributed by atoms with Gasteiger partial charge in [0.25, 0.3) is 5.91 Å². The lowest BCUT2D eigenvalue weighted by Crippen LogP contribution is -2.44. The lowest BCUT2D eigenvalue weighted by atomic mass is 10.0. The Morgan fingerprint density at radius 2 is 1.75 bits per heavy atom. The molecule has 0 aliphatic carbocycles. The van der Waals surface area contributed by atoms with Gasteiger partial charge in [-0.2, -0.15) is 0 Å². The van der Waals surface area contributed by atoms with E-state index in [1.807, 2.05) is 42.3 Å². The molecule has 1 aliphatic rings. The third kappa shape index (κ3) is 2.73. The molecule has 3 nitrogen and oxygen atoms in total. The predicted octanol–water partition coefficient (Wildman–Crippen LogP) is 2.70. The number of aryl methyl sites for hydroxylation is 1. The van der Waals surface area contributed by atoms with E-state index in [1.54, 1.807) is 0 Å². The molecular weight excluding hydrogens is 248 g/mol. The number of hydrogen-bond acceptors (Lipinski definition) is 2. The highest BCUT2D eigenvalue weighted by Crippen LogP contribution is 2.17. The van der Waals surface area contributed by atoms with Crippen LogP contribution < -0.4 is 5.43 Å². The first kappa shape index (κ1) is 12.9. The number of nitrogens with zero attached hydrogens (tertiary/aromatic N) is 1. The second kappa shape index (κ2) is 5.47. The number of nitrogens with one attached hydrogen (secondary N) is 1. The SMILES string of the molecule is Cc1ccc(C(=O)NN2CCc3ccccc3C2)cc1. The predicted molar refractivity (Wildman–Crippen MR) is 79.2 cm³/mol. The molecule has 0 saturated heterocycles. The van der Waals surface area contributed by atoms with Crippen LogP contribution in [0.25, 0.3) is 0 Å². The van der Waals surface area contributed by atoms with Crippen molar-refractivity contribution in [2.45, 2.75) is 19.9 Å². The zero-order valence-electron chi connectivity index (χ0n) is 11.6.